The van der Waals surface area contributed by atoms with Crippen LogP contribution in [0.2, 0.25) is 0 Å². The van der Waals surface area contributed by atoms with E-state index in [1.165, 1.54) is 11.1 Å². The molecule has 0 saturated heterocycles. The number of carbonyl (C=O) groups excluding carboxylic acids is 1. The van der Waals surface area contributed by atoms with Crippen molar-refractivity contribution in [2.24, 2.45) is 0 Å². The first-order valence-electron chi connectivity index (χ1n) is 8.25. The van der Waals surface area contributed by atoms with Gasteiger partial charge < -0.3 is 5.32 Å². The van der Waals surface area contributed by atoms with Crippen LogP contribution in [0.25, 0.3) is 10.9 Å². The molecule has 3 nitrogen and oxygen atoms in total. The van der Waals surface area contributed by atoms with E-state index in [0.717, 1.165) is 34.3 Å². The van der Waals surface area contributed by atoms with Crippen LogP contribution in [0.4, 0.5) is 5.69 Å². The van der Waals surface area contributed by atoms with Gasteiger partial charge in [-0.25, -0.2) is 0 Å². The molecule has 0 spiro atoms. The lowest BCUT2D eigenvalue weighted by atomic mass is 10.0. The summed E-state index contributed by atoms with van der Waals surface area (Å²) in [5.74, 6) is 0.0323. The topological polar surface area (TPSA) is 42.0 Å². The number of nitrogens with zero attached hydrogens (tertiary/aromatic N) is 1. The molecule has 0 aliphatic heterocycles. The molecular formula is C21H22N2O. The largest absolute Gasteiger partial charge is 0.325 e. The molecule has 0 saturated carbocycles. The molecule has 0 radical (unpaired) electrons. The van der Waals surface area contributed by atoms with Crippen LogP contribution >= 0.6 is 0 Å². The van der Waals surface area contributed by atoms with Crippen molar-refractivity contribution in [1.82, 2.24) is 4.98 Å². The highest BCUT2D eigenvalue weighted by molar-refractivity contribution is 6.02. The van der Waals surface area contributed by atoms with Crippen molar-refractivity contribution >= 4 is 22.5 Å². The molecule has 3 aromatic rings. The van der Waals surface area contributed by atoms with Crippen molar-refractivity contribution < 1.29 is 4.79 Å². The summed E-state index contributed by atoms with van der Waals surface area (Å²) in [6.07, 6.45) is 1.21. The standard InChI is InChI=1S/C21H22N2O/c1-14-11-15(2)21-18(12-14)19(13-16(3)22-21)23-20(24)10-9-17-7-5-4-6-8-17/h4-8,11-13H,9-10H2,1-3H3,(H,22,23,24). The maximum absolute atomic E-state index is 12.4. The van der Waals surface area contributed by atoms with Crippen molar-refractivity contribution in [3.8, 4) is 0 Å². The molecule has 3 rings (SSSR count). The Labute approximate surface area is 142 Å². The predicted octanol–water partition coefficient (Wildman–Crippen LogP) is 4.73. The van der Waals surface area contributed by atoms with Crippen LogP contribution in [-0.4, -0.2) is 10.9 Å². The zero-order valence-electron chi connectivity index (χ0n) is 14.4. The van der Waals surface area contributed by atoms with Crippen LogP contribution < -0.4 is 5.32 Å². The van der Waals surface area contributed by atoms with Gasteiger partial charge in [-0.05, 0) is 50.5 Å². The van der Waals surface area contributed by atoms with Crippen LogP contribution in [0.5, 0.6) is 0 Å². The van der Waals surface area contributed by atoms with Gasteiger partial charge in [-0.1, -0.05) is 42.0 Å². The maximum Gasteiger partial charge on any atom is 0.224 e. The van der Waals surface area contributed by atoms with Crippen molar-refractivity contribution in [2.75, 3.05) is 5.32 Å². The van der Waals surface area contributed by atoms with E-state index in [0.29, 0.717) is 6.42 Å². The van der Waals surface area contributed by atoms with Crippen LogP contribution in [0.3, 0.4) is 0 Å². The van der Waals surface area contributed by atoms with Crippen molar-refractivity contribution in [3.05, 3.63) is 70.9 Å². The Morgan fingerprint density at radius 2 is 1.79 bits per heavy atom. The number of aromatic nitrogens is 1. The molecule has 0 aliphatic carbocycles. The third-order valence-electron chi connectivity index (χ3n) is 4.13. The fraction of sp³-hybridized carbons (Fsp3) is 0.238. The Morgan fingerprint density at radius 1 is 1.04 bits per heavy atom. The number of benzene rings is 2. The van der Waals surface area contributed by atoms with Crippen molar-refractivity contribution in [1.29, 1.82) is 0 Å². The molecule has 0 atom stereocenters. The highest BCUT2D eigenvalue weighted by Gasteiger charge is 2.10. The smallest absolute Gasteiger partial charge is 0.224 e. The fourth-order valence-electron chi connectivity index (χ4n) is 3.03. The van der Waals surface area contributed by atoms with Gasteiger partial charge in [0.2, 0.25) is 5.91 Å². The zero-order valence-corrected chi connectivity index (χ0v) is 14.4. The second kappa shape index (κ2) is 6.83. The summed E-state index contributed by atoms with van der Waals surface area (Å²) in [7, 11) is 0. The highest BCUT2D eigenvalue weighted by Crippen LogP contribution is 2.27. The second-order valence-electron chi connectivity index (χ2n) is 6.32. The molecule has 0 fully saturated rings. The summed E-state index contributed by atoms with van der Waals surface area (Å²) in [6.45, 7) is 6.08. The van der Waals surface area contributed by atoms with Gasteiger partial charge in [0, 0.05) is 17.5 Å². The van der Waals surface area contributed by atoms with Crippen LogP contribution in [0.1, 0.15) is 28.8 Å². The number of rotatable bonds is 4. The summed E-state index contributed by atoms with van der Waals surface area (Å²) >= 11 is 0. The lowest BCUT2D eigenvalue weighted by Gasteiger charge is -2.12. The average molecular weight is 318 g/mol. The van der Waals surface area contributed by atoms with Gasteiger partial charge in [0.15, 0.2) is 0 Å². The van der Waals surface area contributed by atoms with E-state index >= 15 is 0 Å². The SMILES string of the molecule is Cc1cc(C)c2nc(C)cc(NC(=O)CCc3ccccc3)c2c1. The number of fused-ring (bicyclic) bond motifs is 1. The number of aryl methyl sites for hydroxylation is 4. The molecule has 2 aromatic carbocycles. The molecule has 0 unspecified atom stereocenters. The summed E-state index contributed by atoms with van der Waals surface area (Å²) in [5.41, 5.74) is 6.20. The minimum Gasteiger partial charge on any atom is -0.325 e. The van der Waals surface area contributed by atoms with Gasteiger partial charge in [-0.2, -0.15) is 0 Å². The number of hydrogen-bond donors (Lipinski definition) is 1. The Kier molecular flexibility index (Phi) is 4.61. The Balaban J connectivity index is 1.83. The molecular weight excluding hydrogens is 296 g/mol. The van der Waals surface area contributed by atoms with E-state index in [1.54, 1.807) is 0 Å². The first-order chi connectivity index (χ1) is 11.5. The number of carbonyl (C=O) groups is 1. The minimum atomic E-state index is 0.0323. The van der Waals surface area contributed by atoms with E-state index < -0.39 is 0 Å². The van der Waals surface area contributed by atoms with Gasteiger partial charge in [0.25, 0.3) is 0 Å². The molecule has 122 valence electrons. The molecule has 1 heterocycles. The predicted molar refractivity (Wildman–Crippen MR) is 99.3 cm³/mol. The van der Waals surface area contributed by atoms with E-state index in [2.05, 4.69) is 36.3 Å². The van der Waals surface area contributed by atoms with Crippen LogP contribution in [0.15, 0.2) is 48.5 Å². The van der Waals surface area contributed by atoms with E-state index in [1.807, 2.05) is 43.3 Å². The molecule has 3 heteroatoms. The maximum atomic E-state index is 12.4. The van der Waals surface area contributed by atoms with Gasteiger partial charge in [0.1, 0.15) is 0 Å². The first-order valence-corrected chi connectivity index (χ1v) is 8.25. The van der Waals surface area contributed by atoms with E-state index in [9.17, 15) is 4.79 Å². The molecule has 0 aliphatic rings. The molecule has 1 N–H and O–H groups in total. The lowest BCUT2D eigenvalue weighted by Crippen LogP contribution is -2.13. The minimum absolute atomic E-state index is 0.0323. The van der Waals surface area contributed by atoms with Gasteiger partial charge in [-0.15, -0.1) is 0 Å². The van der Waals surface area contributed by atoms with E-state index in [-0.39, 0.29) is 5.91 Å². The van der Waals surface area contributed by atoms with Gasteiger partial charge in [0.05, 0.1) is 11.2 Å². The first kappa shape index (κ1) is 16.2. The summed E-state index contributed by atoms with van der Waals surface area (Å²) in [6, 6.07) is 16.2. The molecule has 0 bridgehead atoms. The second-order valence-corrected chi connectivity index (χ2v) is 6.32. The monoisotopic (exact) mass is 318 g/mol. The third-order valence-corrected chi connectivity index (χ3v) is 4.13. The normalized spacial score (nSPS) is 10.8. The Bertz CT molecular complexity index is 885. The molecule has 1 amide bonds. The summed E-state index contributed by atoms with van der Waals surface area (Å²) in [4.78, 5) is 17.0. The van der Waals surface area contributed by atoms with Crippen LogP contribution in [-0.2, 0) is 11.2 Å². The fourth-order valence-corrected chi connectivity index (χ4v) is 3.03. The molecule has 24 heavy (non-hydrogen) atoms. The Hall–Kier alpha value is -2.68. The lowest BCUT2D eigenvalue weighted by molar-refractivity contribution is -0.116. The van der Waals surface area contributed by atoms with Crippen LogP contribution in [0, 0.1) is 20.8 Å². The zero-order chi connectivity index (χ0) is 17.1. The van der Waals surface area contributed by atoms with E-state index in [4.69, 9.17) is 0 Å². The number of anilines is 1. The average Bonchev–Trinajstić information content (AvgIpc) is 2.55. The summed E-state index contributed by atoms with van der Waals surface area (Å²) in [5, 5.41) is 4.08. The van der Waals surface area contributed by atoms with Gasteiger partial charge in [-0.3, -0.25) is 9.78 Å². The van der Waals surface area contributed by atoms with Gasteiger partial charge >= 0.3 is 0 Å². The number of amides is 1. The van der Waals surface area contributed by atoms with Crippen molar-refractivity contribution in [2.45, 2.75) is 33.6 Å². The number of nitrogens with one attached hydrogen (secondary N) is 1. The third kappa shape index (κ3) is 3.62. The Morgan fingerprint density at radius 3 is 2.54 bits per heavy atom. The van der Waals surface area contributed by atoms with Crippen molar-refractivity contribution in [3.63, 3.8) is 0 Å². The summed E-state index contributed by atoms with van der Waals surface area (Å²) < 4.78 is 0. The quantitative estimate of drug-likeness (QED) is 0.755. The number of hydrogen-bond acceptors (Lipinski definition) is 2. The highest BCUT2D eigenvalue weighted by atomic mass is 16.1. The number of pyridine rings is 1. The molecule has 1 aromatic heterocycles.